The van der Waals surface area contributed by atoms with Gasteiger partial charge in [0.15, 0.2) is 0 Å². The van der Waals surface area contributed by atoms with Crippen molar-refractivity contribution in [2.75, 3.05) is 12.4 Å². The van der Waals surface area contributed by atoms with Crippen molar-refractivity contribution in [3.63, 3.8) is 0 Å². The molecule has 0 unspecified atom stereocenters. The fraction of sp³-hybridized carbons (Fsp3) is 0.158. The SMILES string of the molecule is COc1ccc(C(F)(F)F)cc1NC(=O)Cn1nc(-c2ccncc2)ccc1=O. The second-order valence-electron chi connectivity index (χ2n) is 5.91. The number of carbonyl (C=O) groups excluding carboxylic acids is 1. The van der Waals surface area contributed by atoms with Crippen molar-refractivity contribution in [3.05, 3.63) is 70.8 Å². The van der Waals surface area contributed by atoms with E-state index in [2.05, 4.69) is 15.4 Å². The van der Waals surface area contributed by atoms with Crippen molar-refractivity contribution in [2.24, 2.45) is 0 Å². The van der Waals surface area contributed by atoms with E-state index in [4.69, 9.17) is 4.74 Å². The van der Waals surface area contributed by atoms with Crippen LogP contribution in [0, 0.1) is 0 Å². The van der Waals surface area contributed by atoms with Gasteiger partial charge in [-0.15, -0.1) is 0 Å². The van der Waals surface area contributed by atoms with Gasteiger partial charge in [0.1, 0.15) is 12.3 Å². The third-order valence-corrected chi connectivity index (χ3v) is 3.94. The number of hydrogen-bond acceptors (Lipinski definition) is 5. The Hall–Kier alpha value is -3.69. The van der Waals surface area contributed by atoms with Crippen molar-refractivity contribution in [3.8, 4) is 17.0 Å². The first-order chi connectivity index (χ1) is 13.8. The normalized spacial score (nSPS) is 11.2. The molecule has 150 valence electrons. The molecule has 0 radical (unpaired) electrons. The Morgan fingerprint density at radius 1 is 1.14 bits per heavy atom. The Morgan fingerprint density at radius 2 is 1.86 bits per heavy atom. The summed E-state index contributed by atoms with van der Waals surface area (Å²) in [5, 5.41) is 6.46. The zero-order valence-corrected chi connectivity index (χ0v) is 15.1. The van der Waals surface area contributed by atoms with Crippen LogP contribution in [0.5, 0.6) is 5.75 Å². The lowest BCUT2D eigenvalue weighted by Gasteiger charge is -2.14. The van der Waals surface area contributed by atoms with E-state index >= 15 is 0 Å². The van der Waals surface area contributed by atoms with Crippen LogP contribution < -0.4 is 15.6 Å². The van der Waals surface area contributed by atoms with Crippen LogP contribution in [-0.4, -0.2) is 27.8 Å². The first-order valence-corrected chi connectivity index (χ1v) is 8.31. The molecular formula is C19H15F3N4O3. The van der Waals surface area contributed by atoms with E-state index in [9.17, 15) is 22.8 Å². The number of carbonyl (C=O) groups is 1. The zero-order valence-electron chi connectivity index (χ0n) is 15.1. The van der Waals surface area contributed by atoms with Gasteiger partial charge >= 0.3 is 6.18 Å². The maximum Gasteiger partial charge on any atom is 0.416 e. The van der Waals surface area contributed by atoms with Crippen LogP contribution in [0.25, 0.3) is 11.3 Å². The minimum absolute atomic E-state index is 0.0530. The number of anilines is 1. The molecule has 2 heterocycles. The van der Waals surface area contributed by atoms with E-state index in [1.165, 1.54) is 19.2 Å². The lowest BCUT2D eigenvalue weighted by Crippen LogP contribution is -2.29. The molecule has 2 aromatic heterocycles. The number of methoxy groups -OCH3 is 1. The number of halogens is 3. The van der Waals surface area contributed by atoms with Crippen molar-refractivity contribution < 1.29 is 22.7 Å². The molecule has 7 nitrogen and oxygen atoms in total. The van der Waals surface area contributed by atoms with Gasteiger partial charge in [-0.25, -0.2) is 4.68 Å². The van der Waals surface area contributed by atoms with Crippen LogP contribution in [0.1, 0.15) is 5.56 Å². The first kappa shape index (κ1) is 20.1. The van der Waals surface area contributed by atoms with Gasteiger partial charge in [0.2, 0.25) is 5.91 Å². The number of aromatic nitrogens is 3. The topological polar surface area (TPSA) is 86.1 Å². The predicted molar refractivity (Wildman–Crippen MR) is 98.4 cm³/mol. The molecule has 3 aromatic rings. The van der Waals surface area contributed by atoms with Crippen LogP contribution in [0.15, 0.2) is 59.7 Å². The Morgan fingerprint density at radius 3 is 2.52 bits per heavy atom. The Labute approximate surface area is 162 Å². The smallest absolute Gasteiger partial charge is 0.416 e. The molecule has 29 heavy (non-hydrogen) atoms. The Kier molecular flexibility index (Phi) is 5.62. The number of benzene rings is 1. The fourth-order valence-electron chi connectivity index (χ4n) is 2.55. The molecule has 0 saturated carbocycles. The van der Waals surface area contributed by atoms with Gasteiger partial charge in [0.05, 0.1) is 24.1 Å². The third-order valence-electron chi connectivity index (χ3n) is 3.94. The highest BCUT2D eigenvalue weighted by Crippen LogP contribution is 2.34. The largest absolute Gasteiger partial charge is 0.495 e. The average Bonchev–Trinajstić information content (AvgIpc) is 2.69. The summed E-state index contributed by atoms with van der Waals surface area (Å²) >= 11 is 0. The molecule has 0 spiro atoms. The molecule has 1 amide bonds. The quantitative estimate of drug-likeness (QED) is 0.707. The molecule has 0 aliphatic heterocycles. The van der Waals surface area contributed by atoms with E-state index < -0.39 is 29.8 Å². The summed E-state index contributed by atoms with van der Waals surface area (Å²) in [7, 11) is 1.27. The molecule has 1 aromatic carbocycles. The standard InChI is InChI=1S/C19H15F3N4O3/c1-29-16-4-2-13(19(20,21)22)10-15(16)24-17(27)11-26-18(28)5-3-14(25-26)12-6-8-23-9-7-12/h2-10H,11H2,1H3,(H,24,27). The van der Waals surface area contributed by atoms with Crippen molar-refractivity contribution in [2.45, 2.75) is 12.7 Å². The summed E-state index contributed by atoms with van der Waals surface area (Å²) in [6.07, 6.45) is -1.47. The molecular weight excluding hydrogens is 389 g/mol. The number of amides is 1. The van der Waals surface area contributed by atoms with Crippen molar-refractivity contribution >= 4 is 11.6 Å². The maximum absolute atomic E-state index is 12.9. The lowest BCUT2D eigenvalue weighted by molar-refractivity contribution is -0.137. The molecule has 0 fully saturated rings. The molecule has 0 atom stereocenters. The Balaban J connectivity index is 1.84. The molecule has 1 N–H and O–H groups in total. The Bertz CT molecular complexity index is 1080. The van der Waals surface area contributed by atoms with Gasteiger partial charge in [0.25, 0.3) is 5.56 Å². The number of nitrogens with one attached hydrogen (secondary N) is 1. The number of pyridine rings is 1. The lowest BCUT2D eigenvalue weighted by atomic mass is 10.1. The summed E-state index contributed by atoms with van der Waals surface area (Å²) < 4.78 is 44.7. The first-order valence-electron chi connectivity index (χ1n) is 8.31. The highest BCUT2D eigenvalue weighted by atomic mass is 19.4. The molecule has 0 bridgehead atoms. The number of nitrogens with zero attached hydrogens (tertiary/aromatic N) is 3. The summed E-state index contributed by atoms with van der Waals surface area (Å²) in [4.78, 5) is 28.3. The van der Waals surface area contributed by atoms with E-state index in [-0.39, 0.29) is 11.4 Å². The number of alkyl halides is 3. The van der Waals surface area contributed by atoms with Gasteiger partial charge in [-0.3, -0.25) is 14.6 Å². The van der Waals surface area contributed by atoms with Crippen LogP contribution in [-0.2, 0) is 17.5 Å². The molecule has 0 aliphatic carbocycles. The number of rotatable bonds is 5. The predicted octanol–water partition coefficient (Wildman–Crippen LogP) is 2.97. The minimum atomic E-state index is -4.58. The average molecular weight is 404 g/mol. The summed E-state index contributed by atoms with van der Waals surface area (Å²) in [5.74, 6) is -0.679. The van der Waals surface area contributed by atoms with E-state index in [1.807, 2.05) is 0 Å². The van der Waals surface area contributed by atoms with Gasteiger partial charge in [-0.1, -0.05) is 0 Å². The van der Waals surface area contributed by atoms with Crippen LogP contribution in [0.2, 0.25) is 0 Å². The van der Waals surface area contributed by atoms with Gasteiger partial charge in [-0.05, 0) is 36.4 Å². The van der Waals surface area contributed by atoms with Gasteiger partial charge in [0, 0.05) is 24.0 Å². The van der Waals surface area contributed by atoms with Crippen molar-refractivity contribution in [1.29, 1.82) is 0 Å². The fourth-order valence-corrected chi connectivity index (χ4v) is 2.55. The van der Waals surface area contributed by atoms with E-state index in [0.717, 1.165) is 22.9 Å². The monoisotopic (exact) mass is 404 g/mol. The highest BCUT2D eigenvalue weighted by Gasteiger charge is 2.31. The van der Waals surface area contributed by atoms with Crippen LogP contribution in [0.4, 0.5) is 18.9 Å². The molecule has 0 saturated heterocycles. The van der Waals surface area contributed by atoms with E-state index in [1.54, 1.807) is 24.5 Å². The number of ether oxygens (including phenoxy) is 1. The van der Waals surface area contributed by atoms with Crippen LogP contribution >= 0.6 is 0 Å². The molecule has 0 aliphatic rings. The van der Waals surface area contributed by atoms with Crippen LogP contribution in [0.3, 0.4) is 0 Å². The highest BCUT2D eigenvalue weighted by molar-refractivity contribution is 5.92. The third kappa shape index (κ3) is 4.78. The molecule has 10 heteroatoms. The second-order valence-corrected chi connectivity index (χ2v) is 5.91. The summed E-state index contributed by atoms with van der Waals surface area (Å²) in [6, 6.07) is 8.84. The minimum Gasteiger partial charge on any atom is -0.495 e. The van der Waals surface area contributed by atoms with E-state index in [0.29, 0.717) is 11.3 Å². The summed E-state index contributed by atoms with van der Waals surface area (Å²) in [5.41, 5.74) is -0.506. The number of hydrogen-bond donors (Lipinski definition) is 1. The second kappa shape index (κ2) is 8.13. The van der Waals surface area contributed by atoms with Crippen molar-refractivity contribution in [1.82, 2.24) is 14.8 Å². The zero-order chi connectivity index (χ0) is 21.0. The molecule has 3 rings (SSSR count). The maximum atomic E-state index is 12.9. The summed E-state index contributed by atoms with van der Waals surface area (Å²) in [6.45, 7) is -0.489. The van der Waals surface area contributed by atoms with Gasteiger partial charge in [-0.2, -0.15) is 18.3 Å². The van der Waals surface area contributed by atoms with Gasteiger partial charge < -0.3 is 10.1 Å².